The van der Waals surface area contributed by atoms with Gasteiger partial charge in [0.15, 0.2) is 23.9 Å². The zero-order valence-electron chi connectivity index (χ0n) is 18.2. The molecule has 0 aromatic heterocycles. The summed E-state index contributed by atoms with van der Waals surface area (Å²) in [6.45, 7) is 0.565. The second kappa shape index (κ2) is 9.93. The van der Waals surface area contributed by atoms with Crippen LogP contribution in [-0.4, -0.2) is 109 Å². The van der Waals surface area contributed by atoms with Crippen molar-refractivity contribution in [2.24, 2.45) is 0 Å². The van der Waals surface area contributed by atoms with E-state index in [9.17, 15) is 25.5 Å². The number of benzene rings is 1. The summed E-state index contributed by atoms with van der Waals surface area (Å²) in [6.07, 6.45) is -9.72. The van der Waals surface area contributed by atoms with Crippen molar-refractivity contribution in [3.05, 3.63) is 12.1 Å². The van der Waals surface area contributed by atoms with E-state index < -0.39 is 55.3 Å². The molecule has 12 heteroatoms. The summed E-state index contributed by atoms with van der Waals surface area (Å²) in [5.41, 5.74) is -1.57. The number of hydrogen-bond donors (Lipinski definition) is 5. The zero-order valence-corrected chi connectivity index (χ0v) is 18.2. The maximum atomic E-state index is 10.6. The van der Waals surface area contributed by atoms with Gasteiger partial charge in [0.25, 0.3) is 0 Å². The Balaban J connectivity index is 1.89. The highest BCUT2D eigenvalue weighted by molar-refractivity contribution is 5.55. The summed E-state index contributed by atoms with van der Waals surface area (Å²) in [7, 11) is 4.30. The highest BCUT2D eigenvalue weighted by atomic mass is 16.8. The molecule has 2 aliphatic heterocycles. The van der Waals surface area contributed by atoms with Gasteiger partial charge in [-0.15, -0.1) is 0 Å². The van der Waals surface area contributed by atoms with Crippen molar-refractivity contribution in [2.45, 2.75) is 55.6 Å². The van der Waals surface area contributed by atoms with Crippen molar-refractivity contribution in [1.82, 2.24) is 0 Å². The summed E-state index contributed by atoms with van der Waals surface area (Å²) in [4.78, 5) is 0. The van der Waals surface area contributed by atoms with Crippen LogP contribution in [0.5, 0.6) is 23.0 Å². The Bertz CT molecular complexity index is 746. The van der Waals surface area contributed by atoms with Crippen molar-refractivity contribution in [3.63, 3.8) is 0 Å². The van der Waals surface area contributed by atoms with Gasteiger partial charge in [-0.3, -0.25) is 0 Å². The molecule has 0 amide bonds. The van der Waals surface area contributed by atoms with Crippen LogP contribution in [0.1, 0.15) is 6.92 Å². The molecule has 5 N–H and O–H groups in total. The van der Waals surface area contributed by atoms with Gasteiger partial charge in [0.1, 0.15) is 35.8 Å². The fourth-order valence-corrected chi connectivity index (χ4v) is 3.54. The van der Waals surface area contributed by atoms with Gasteiger partial charge in [0.05, 0.1) is 34.5 Å². The maximum Gasteiger partial charge on any atom is 0.229 e. The quantitative estimate of drug-likeness (QED) is 0.300. The molecule has 12 nitrogen and oxygen atoms in total. The summed E-state index contributed by atoms with van der Waals surface area (Å²) >= 11 is 0. The lowest BCUT2D eigenvalue weighted by molar-refractivity contribution is -0.318. The molecule has 182 valence electrons. The third-order valence-corrected chi connectivity index (χ3v) is 5.44. The van der Waals surface area contributed by atoms with Gasteiger partial charge >= 0.3 is 0 Å². The number of aliphatic hydroxyl groups excluding tert-OH is 4. The Morgan fingerprint density at radius 2 is 1.62 bits per heavy atom. The molecule has 1 aromatic carbocycles. The second-order valence-corrected chi connectivity index (χ2v) is 7.77. The number of aliphatic hydroxyl groups is 5. The van der Waals surface area contributed by atoms with Gasteiger partial charge in [-0.25, -0.2) is 0 Å². The van der Waals surface area contributed by atoms with Gasteiger partial charge < -0.3 is 58.7 Å². The lowest BCUT2D eigenvalue weighted by Gasteiger charge is -2.42. The largest absolute Gasteiger partial charge is 0.493 e. The number of ether oxygens (including phenoxy) is 7. The molecule has 3 rings (SSSR count). The molecule has 0 aliphatic carbocycles. The van der Waals surface area contributed by atoms with Crippen molar-refractivity contribution in [2.75, 3.05) is 34.5 Å². The third kappa shape index (κ3) is 4.72. The molecule has 8 unspecified atom stereocenters. The SMILES string of the molecule is COc1cc(OC2OC(CO)C(O)C(O)C2OC2OCC(C)(O)C2O)cc(OC)c1OC. The average molecular weight is 462 g/mol. The van der Waals surface area contributed by atoms with Gasteiger partial charge in [0, 0.05) is 12.1 Å². The van der Waals surface area contributed by atoms with Crippen LogP contribution in [-0.2, 0) is 14.2 Å². The minimum Gasteiger partial charge on any atom is -0.493 e. The van der Waals surface area contributed by atoms with Crippen molar-refractivity contribution in [1.29, 1.82) is 0 Å². The smallest absolute Gasteiger partial charge is 0.229 e. The molecule has 2 fully saturated rings. The van der Waals surface area contributed by atoms with E-state index in [1.807, 2.05) is 0 Å². The molecule has 2 saturated heterocycles. The highest BCUT2D eigenvalue weighted by Crippen LogP contribution is 2.42. The van der Waals surface area contributed by atoms with Crippen LogP contribution < -0.4 is 18.9 Å². The molecule has 0 saturated carbocycles. The first-order chi connectivity index (χ1) is 15.2. The zero-order chi connectivity index (χ0) is 23.6. The van der Waals surface area contributed by atoms with E-state index in [-0.39, 0.29) is 12.4 Å². The first-order valence-electron chi connectivity index (χ1n) is 9.93. The van der Waals surface area contributed by atoms with Crippen LogP contribution in [0.3, 0.4) is 0 Å². The molecule has 0 bridgehead atoms. The monoisotopic (exact) mass is 462 g/mol. The fourth-order valence-electron chi connectivity index (χ4n) is 3.54. The summed E-state index contributed by atoms with van der Waals surface area (Å²) < 4.78 is 38.3. The Morgan fingerprint density at radius 3 is 2.09 bits per heavy atom. The van der Waals surface area contributed by atoms with Crippen LogP contribution in [0.15, 0.2) is 12.1 Å². The fraction of sp³-hybridized carbons (Fsp3) is 0.700. The summed E-state index contributed by atoms with van der Waals surface area (Å²) in [5.74, 6) is 1.09. The number of methoxy groups -OCH3 is 3. The molecule has 0 radical (unpaired) electrons. The topological polar surface area (TPSA) is 166 Å². The van der Waals surface area contributed by atoms with E-state index in [0.717, 1.165) is 0 Å². The van der Waals surface area contributed by atoms with Crippen LogP contribution in [0.2, 0.25) is 0 Å². The predicted octanol–water partition coefficient (Wildman–Crippen LogP) is -1.62. The minimum absolute atomic E-state index is 0.179. The van der Waals surface area contributed by atoms with E-state index in [4.69, 9.17) is 33.2 Å². The van der Waals surface area contributed by atoms with Gasteiger partial charge in [0.2, 0.25) is 12.0 Å². The Kier molecular flexibility index (Phi) is 7.68. The van der Waals surface area contributed by atoms with Crippen molar-refractivity contribution in [3.8, 4) is 23.0 Å². The number of hydrogen-bond acceptors (Lipinski definition) is 12. The first kappa shape index (κ1) is 24.7. The summed E-state index contributed by atoms with van der Waals surface area (Å²) in [6, 6.07) is 2.97. The predicted molar refractivity (Wildman–Crippen MR) is 106 cm³/mol. The van der Waals surface area contributed by atoms with E-state index in [2.05, 4.69) is 0 Å². The van der Waals surface area contributed by atoms with Crippen LogP contribution in [0.4, 0.5) is 0 Å². The van der Waals surface area contributed by atoms with Crippen molar-refractivity contribution < 1.29 is 58.7 Å². The van der Waals surface area contributed by atoms with E-state index in [1.165, 1.54) is 40.4 Å². The lowest BCUT2D eigenvalue weighted by Crippen LogP contribution is -2.62. The summed E-state index contributed by atoms with van der Waals surface area (Å²) in [5, 5.41) is 50.8. The Morgan fingerprint density at radius 1 is 1.00 bits per heavy atom. The van der Waals surface area contributed by atoms with Crippen LogP contribution in [0.25, 0.3) is 0 Å². The van der Waals surface area contributed by atoms with E-state index in [0.29, 0.717) is 17.2 Å². The molecule has 1 aromatic rings. The van der Waals surface area contributed by atoms with E-state index in [1.54, 1.807) is 0 Å². The molecular weight excluding hydrogens is 432 g/mol. The molecule has 2 heterocycles. The second-order valence-electron chi connectivity index (χ2n) is 7.77. The third-order valence-electron chi connectivity index (χ3n) is 5.44. The first-order valence-corrected chi connectivity index (χ1v) is 9.93. The molecule has 0 spiro atoms. The number of rotatable bonds is 8. The van der Waals surface area contributed by atoms with Gasteiger partial charge in [-0.1, -0.05) is 0 Å². The highest BCUT2D eigenvalue weighted by Gasteiger charge is 2.52. The van der Waals surface area contributed by atoms with Crippen LogP contribution in [0, 0.1) is 0 Å². The molecular formula is C20H30O12. The minimum atomic E-state index is -1.57. The Hall–Kier alpha value is -1.90. The van der Waals surface area contributed by atoms with Gasteiger partial charge in [-0.2, -0.15) is 0 Å². The molecule has 32 heavy (non-hydrogen) atoms. The van der Waals surface area contributed by atoms with Crippen molar-refractivity contribution >= 4 is 0 Å². The van der Waals surface area contributed by atoms with E-state index >= 15 is 0 Å². The lowest BCUT2D eigenvalue weighted by atomic mass is 9.98. The average Bonchev–Trinajstić information content (AvgIpc) is 3.04. The standard InChI is InChI=1S/C20H30O12/c1-20(25)8-29-19(17(20)24)32-16-14(23)13(22)12(7-21)31-18(16)30-9-5-10(26-2)15(28-4)11(6-9)27-3/h5-6,12-14,16-19,21-25H,7-8H2,1-4H3. The maximum absolute atomic E-state index is 10.6. The van der Waals surface area contributed by atoms with Crippen LogP contribution >= 0.6 is 0 Å². The molecule has 8 atom stereocenters. The molecule has 2 aliphatic rings. The van der Waals surface area contributed by atoms with Gasteiger partial charge in [-0.05, 0) is 6.92 Å². The normalized spacial score (nSPS) is 37.2. The Labute approximate surface area is 184 Å².